The number of hydrogen-bond donors (Lipinski definition) is 3. The van der Waals surface area contributed by atoms with Gasteiger partial charge in [0.25, 0.3) is 0 Å². The van der Waals surface area contributed by atoms with Gasteiger partial charge in [-0.3, -0.25) is 0 Å². The SMILES string of the molecule is C=C.C=C(NC(CC)C(=C)N(C)C)C(CC(C)C)CC(C)C/C=C/C.C=C(NC)C(CC(C)C)N(C)C(=C)C.CC.CNC. The number of likely N-dealkylation sites (N-methyl/N-ethyl adjacent to an activating group) is 3. The van der Waals surface area contributed by atoms with E-state index in [2.05, 4.69) is 147 Å². The van der Waals surface area contributed by atoms with Crippen LogP contribution < -0.4 is 16.0 Å². The zero-order valence-electron chi connectivity index (χ0n) is 32.8. The standard InChI is InChI=1S/C21H40N2.C12H24N2.C2H7N.C2H6.C2H4/c1-10-12-13-17(5)15-20(14-16(3)4)18(6)22-21(11-2)19(7)23(8)9;1-9(2)8-12(11(5)13-6)14(7)10(3)4;1-3-2;2*1-2/h10,12,16-17,20-22H,6-7,11,13-15H2,1-5,8-9H3;9,12-13H,3,5,8H2,1-2,4,6-7H3;3H,1-2H3;1-2H3;1-2H2/b12-10+;;;;. The predicted octanol–water partition coefficient (Wildman–Crippen LogP) is 9.86. The number of hydrogen-bond acceptors (Lipinski definition) is 5. The van der Waals surface area contributed by atoms with Crippen molar-refractivity contribution in [2.24, 2.45) is 23.7 Å². The van der Waals surface area contributed by atoms with Crippen molar-refractivity contribution in [2.75, 3.05) is 42.3 Å². The van der Waals surface area contributed by atoms with Crippen molar-refractivity contribution < 1.29 is 0 Å². The molecule has 5 nitrogen and oxygen atoms in total. The third kappa shape index (κ3) is 28.4. The molecule has 4 unspecified atom stereocenters. The number of nitrogens with one attached hydrogen (secondary N) is 3. The van der Waals surface area contributed by atoms with E-state index in [4.69, 9.17) is 0 Å². The van der Waals surface area contributed by atoms with E-state index in [1.165, 1.54) is 18.5 Å². The lowest BCUT2D eigenvalue weighted by atomic mass is 9.85. The van der Waals surface area contributed by atoms with Crippen LogP contribution in [0.2, 0.25) is 0 Å². The van der Waals surface area contributed by atoms with E-state index in [0.717, 1.165) is 36.4 Å². The van der Waals surface area contributed by atoms with Crippen molar-refractivity contribution in [3.8, 4) is 0 Å². The van der Waals surface area contributed by atoms with Crippen molar-refractivity contribution in [2.45, 2.75) is 113 Å². The summed E-state index contributed by atoms with van der Waals surface area (Å²) in [5.41, 5.74) is 4.44. The second kappa shape index (κ2) is 33.5. The molecular weight excluding hydrogens is 538 g/mol. The van der Waals surface area contributed by atoms with Gasteiger partial charge in [-0.1, -0.05) is 93.9 Å². The number of rotatable bonds is 18. The summed E-state index contributed by atoms with van der Waals surface area (Å²) in [4.78, 5) is 4.28. The molecule has 0 bridgehead atoms. The molecule has 44 heavy (non-hydrogen) atoms. The van der Waals surface area contributed by atoms with Gasteiger partial charge < -0.3 is 25.8 Å². The Hall–Kier alpha value is -2.40. The summed E-state index contributed by atoms with van der Waals surface area (Å²) in [6.45, 7) is 44.3. The molecule has 0 aromatic heterocycles. The van der Waals surface area contributed by atoms with E-state index in [1.807, 2.05) is 41.9 Å². The maximum Gasteiger partial charge on any atom is 0.0678 e. The van der Waals surface area contributed by atoms with E-state index in [-0.39, 0.29) is 6.04 Å². The van der Waals surface area contributed by atoms with Crippen molar-refractivity contribution in [1.29, 1.82) is 0 Å². The van der Waals surface area contributed by atoms with Crippen molar-refractivity contribution >= 4 is 0 Å². The molecule has 0 heterocycles. The molecule has 0 saturated carbocycles. The maximum absolute atomic E-state index is 4.38. The van der Waals surface area contributed by atoms with Crippen LogP contribution in [0.1, 0.15) is 101 Å². The topological polar surface area (TPSA) is 42.6 Å². The van der Waals surface area contributed by atoms with Gasteiger partial charge in [-0.2, -0.15) is 0 Å². The molecule has 0 spiro atoms. The summed E-state index contributed by atoms with van der Waals surface area (Å²) in [6.07, 6.45) is 10.1. The first-order valence-corrected chi connectivity index (χ1v) is 16.8. The molecule has 0 saturated heterocycles. The van der Waals surface area contributed by atoms with Crippen LogP contribution >= 0.6 is 0 Å². The summed E-state index contributed by atoms with van der Waals surface area (Å²) >= 11 is 0. The first kappa shape index (κ1) is 51.2. The van der Waals surface area contributed by atoms with Crippen molar-refractivity contribution in [3.05, 3.63) is 74.4 Å². The van der Waals surface area contributed by atoms with Crippen LogP contribution in [0.3, 0.4) is 0 Å². The van der Waals surface area contributed by atoms with Crippen molar-refractivity contribution in [3.63, 3.8) is 0 Å². The van der Waals surface area contributed by atoms with Gasteiger partial charge in [0.2, 0.25) is 0 Å². The van der Waals surface area contributed by atoms with Gasteiger partial charge in [0.15, 0.2) is 0 Å². The van der Waals surface area contributed by atoms with E-state index in [1.54, 1.807) is 0 Å². The maximum atomic E-state index is 4.38. The highest BCUT2D eigenvalue weighted by molar-refractivity contribution is 5.10. The smallest absolute Gasteiger partial charge is 0.0678 e. The van der Waals surface area contributed by atoms with E-state index in [9.17, 15) is 0 Å². The fourth-order valence-electron chi connectivity index (χ4n) is 4.39. The highest BCUT2D eigenvalue weighted by atomic mass is 15.2. The Balaban J connectivity index is -0.000000205. The Morgan fingerprint density at radius 1 is 0.795 bits per heavy atom. The minimum absolute atomic E-state index is 0.276. The van der Waals surface area contributed by atoms with Gasteiger partial charge >= 0.3 is 0 Å². The van der Waals surface area contributed by atoms with Crippen LogP contribution in [0, 0.1) is 23.7 Å². The molecule has 0 radical (unpaired) electrons. The molecular formula is C39H81N5. The summed E-state index contributed by atoms with van der Waals surface area (Å²) in [5.74, 6) is 2.56. The molecule has 0 aromatic rings. The molecule has 0 fully saturated rings. The molecule has 0 rings (SSSR count). The van der Waals surface area contributed by atoms with Crippen LogP contribution in [-0.4, -0.2) is 64.2 Å². The third-order valence-corrected chi connectivity index (χ3v) is 6.94. The Morgan fingerprint density at radius 3 is 1.57 bits per heavy atom. The minimum Gasteiger partial charge on any atom is -0.390 e. The third-order valence-electron chi connectivity index (χ3n) is 6.94. The molecule has 0 aliphatic carbocycles. The molecule has 3 N–H and O–H groups in total. The van der Waals surface area contributed by atoms with E-state index < -0.39 is 0 Å². The largest absolute Gasteiger partial charge is 0.390 e. The van der Waals surface area contributed by atoms with E-state index in [0.29, 0.717) is 29.7 Å². The molecule has 262 valence electrons. The van der Waals surface area contributed by atoms with Gasteiger partial charge in [-0.25, -0.2) is 0 Å². The second-order valence-electron chi connectivity index (χ2n) is 12.3. The quantitative estimate of drug-likeness (QED) is 0.133. The Kier molecular flexibility index (Phi) is 39.0. The number of allylic oxidation sites excluding steroid dienone is 4. The number of nitrogens with zero attached hydrogens (tertiary/aromatic N) is 2. The van der Waals surface area contributed by atoms with Gasteiger partial charge in [0, 0.05) is 51.0 Å². The Bertz CT molecular complexity index is 735. The van der Waals surface area contributed by atoms with E-state index >= 15 is 0 Å². The molecule has 4 atom stereocenters. The lowest BCUT2D eigenvalue weighted by Gasteiger charge is -2.32. The molecule has 5 heteroatoms. The molecule has 0 amide bonds. The molecule has 0 aliphatic rings. The Morgan fingerprint density at radius 2 is 1.25 bits per heavy atom. The molecule has 0 aliphatic heterocycles. The van der Waals surface area contributed by atoms with Crippen LogP contribution in [0.25, 0.3) is 0 Å². The monoisotopic (exact) mass is 620 g/mol. The van der Waals surface area contributed by atoms with Crippen LogP contribution in [0.4, 0.5) is 0 Å². The fraction of sp³-hybridized carbons (Fsp3) is 0.692. The highest BCUT2D eigenvalue weighted by Crippen LogP contribution is 2.27. The minimum atomic E-state index is 0.276. The summed E-state index contributed by atoms with van der Waals surface area (Å²) in [7, 11) is 11.8. The average Bonchev–Trinajstić information content (AvgIpc) is 2.98. The van der Waals surface area contributed by atoms with Crippen molar-refractivity contribution in [1.82, 2.24) is 25.8 Å². The van der Waals surface area contributed by atoms with Crippen LogP contribution in [0.5, 0.6) is 0 Å². The Labute approximate surface area is 279 Å². The average molecular weight is 620 g/mol. The van der Waals surface area contributed by atoms with Crippen LogP contribution in [0.15, 0.2) is 74.4 Å². The normalized spacial score (nSPS) is 12.7. The lowest BCUT2D eigenvalue weighted by Crippen LogP contribution is -2.37. The van der Waals surface area contributed by atoms with Gasteiger partial charge in [0.05, 0.1) is 12.1 Å². The first-order chi connectivity index (χ1) is 20.5. The van der Waals surface area contributed by atoms with Gasteiger partial charge in [-0.15, -0.1) is 13.2 Å². The highest BCUT2D eigenvalue weighted by Gasteiger charge is 2.21. The van der Waals surface area contributed by atoms with Gasteiger partial charge in [0.1, 0.15) is 0 Å². The van der Waals surface area contributed by atoms with Crippen LogP contribution in [-0.2, 0) is 0 Å². The predicted molar refractivity (Wildman–Crippen MR) is 207 cm³/mol. The zero-order chi connectivity index (χ0) is 36.0. The summed E-state index contributed by atoms with van der Waals surface area (Å²) in [6, 6.07) is 0.621. The summed E-state index contributed by atoms with van der Waals surface area (Å²) < 4.78 is 0. The second-order valence-corrected chi connectivity index (χ2v) is 12.3. The first-order valence-electron chi connectivity index (χ1n) is 16.8. The zero-order valence-corrected chi connectivity index (χ0v) is 32.8. The lowest BCUT2D eigenvalue weighted by molar-refractivity contribution is 0.291. The summed E-state index contributed by atoms with van der Waals surface area (Å²) in [5, 5.41) is 9.54. The molecule has 0 aromatic carbocycles. The van der Waals surface area contributed by atoms with Gasteiger partial charge in [-0.05, 0) is 83.7 Å². The fourth-order valence-corrected chi connectivity index (χ4v) is 4.39.